The van der Waals surface area contributed by atoms with Crippen LogP contribution in [0.25, 0.3) is 0 Å². The molecule has 1 rings (SSSR count). The zero-order valence-corrected chi connectivity index (χ0v) is 10.5. The fourth-order valence-electron chi connectivity index (χ4n) is 1.16. The van der Waals surface area contributed by atoms with Gasteiger partial charge in [-0.25, -0.2) is 0 Å². The van der Waals surface area contributed by atoms with Crippen LogP contribution in [0.2, 0.25) is 0 Å². The van der Waals surface area contributed by atoms with Crippen LogP contribution < -0.4 is 10.6 Å². The second-order valence-electron chi connectivity index (χ2n) is 3.11. The zero-order valence-electron chi connectivity index (χ0n) is 8.88. The molecule has 1 amide bonds. The molecule has 0 unspecified atom stereocenters. The first kappa shape index (κ1) is 12.5. The van der Waals surface area contributed by atoms with E-state index in [1.807, 2.05) is 6.92 Å². The molecule has 0 radical (unpaired) electrons. The van der Waals surface area contributed by atoms with Crippen molar-refractivity contribution in [3.63, 3.8) is 0 Å². The van der Waals surface area contributed by atoms with Gasteiger partial charge in [-0.05, 0) is 41.1 Å². The highest BCUT2D eigenvalue weighted by atomic mass is 79.9. The number of rotatable bonds is 4. The molecular weight excluding hydrogens is 270 g/mol. The Bertz CT molecular complexity index is 426. The number of nitrogens with one attached hydrogen (secondary N) is 2. The van der Waals surface area contributed by atoms with Gasteiger partial charge in [0.25, 0.3) is 0 Å². The molecule has 84 valence electrons. The van der Waals surface area contributed by atoms with Crippen molar-refractivity contribution in [2.45, 2.75) is 6.92 Å². The van der Waals surface area contributed by atoms with E-state index in [2.05, 4.69) is 32.6 Å². The molecule has 2 N–H and O–H groups in total. The molecule has 1 aromatic carbocycles. The van der Waals surface area contributed by atoms with Crippen molar-refractivity contribution >= 4 is 27.5 Å². The average Bonchev–Trinajstić information content (AvgIpc) is 2.27. The van der Waals surface area contributed by atoms with Gasteiger partial charge in [-0.15, -0.1) is 0 Å². The van der Waals surface area contributed by atoms with Gasteiger partial charge in [0.05, 0.1) is 12.1 Å². The lowest BCUT2D eigenvalue weighted by molar-refractivity contribution is -0.119. The van der Waals surface area contributed by atoms with E-state index in [1.165, 1.54) is 0 Å². The highest BCUT2D eigenvalue weighted by Gasteiger charge is 2.02. The Hall–Kier alpha value is -1.54. The molecule has 0 spiro atoms. The van der Waals surface area contributed by atoms with Gasteiger partial charge < -0.3 is 10.6 Å². The van der Waals surface area contributed by atoms with Crippen molar-refractivity contribution in [3.05, 3.63) is 28.2 Å². The van der Waals surface area contributed by atoms with Crippen LogP contribution in [0.4, 0.5) is 5.69 Å². The summed E-state index contributed by atoms with van der Waals surface area (Å²) in [6.07, 6.45) is 0. The Morgan fingerprint density at radius 2 is 2.31 bits per heavy atom. The number of carbonyl (C=O) groups excluding carboxylic acids is 1. The second-order valence-corrected chi connectivity index (χ2v) is 3.97. The topological polar surface area (TPSA) is 64.9 Å². The monoisotopic (exact) mass is 281 g/mol. The normalized spacial score (nSPS) is 9.31. The Labute approximate surface area is 103 Å². The van der Waals surface area contributed by atoms with Crippen molar-refractivity contribution in [1.29, 1.82) is 5.26 Å². The van der Waals surface area contributed by atoms with E-state index in [9.17, 15) is 4.79 Å². The van der Waals surface area contributed by atoms with Crippen molar-refractivity contribution in [2.24, 2.45) is 0 Å². The molecular formula is C11H12BrN3O. The van der Waals surface area contributed by atoms with Gasteiger partial charge in [-0.2, -0.15) is 5.26 Å². The maximum Gasteiger partial charge on any atom is 0.239 e. The number of nitrogens with zero attached hydrogens (tertiary/aromatic N) is 1. The lowest BCUT2D eigenvalue weighted by atomic mass is 10.2. The third-order valence-electron chi connectivity index (χ3n) is 1.92. The lowest BCUT2D eigenvalue weighted by Crippen LogP contribution is -2.29. The van der Waals surface area contributed by atoms with E-state index < -0.39 is 0 Å². The van der Waals surface area contributed by atoms with Gasteiger partial charge in [-0.1, -0.05) is 0 Å². The maximum atomic E-state index is 11.2. The molecule has 5 heteroatoms. The summed E-state index contributed by atoms with van der Waals surface area (Å²) >= 11 is 3.28. The first-order valence-corrected chi connectivity index (χ1v) is 5.67. The molecule has 0 saturated heterocycles. The number of likely N-dealkylation sites (N-methyl/N-ethyl adjacent to an activating group) is 1. The summed E-state index contributed by atoms with van der Waals surface area (Å²) in [5.41, 5.74) is 1.38. The number of carbonyl (C=O) groups is 1. The smallest absolute Gasteiger partial charge is 0.239 e. The maximum absolute atomic E-state index is 11.2. The van der Waals surface area contributed by atoms with E-state index in [1.54, 1.807) is 18.2 Å². The first-order chi connectivity index (χ1) is 7.67. The molecule has 0 aromatic heterocycles. The average molecular weight is 282 g/mol. The van der Waals surface area contributed by atoms with Crippen LogP contribution >= 0.6 is 15.9 Å². The third kappa shape index (κ3) is 3.55. The van der Waals surface area contributed by atoms with E-state index in [0.717, 1.165) is 10.2 Å². The fraction of sp³-hybridized carbons (Fsp3) is 0.273. The number of anilines is 1. The van der Waals surface area contributed by atoms with Crippen LogP contribution in [0.5, 0.6) is 0 Å². The van der Waals surface area contributed by atoms with E-state index in [0.29, 0.717) is 12.1 Å². The van der Waals surface area contributed by atoms with E-state index in [4.69, 9.17) is 5.26 Å². The van der Waals surface area contributed by atoms with Crippen LogP contribution in [0, 0.1) is 11.3 Å². The van der Waals surface area contributed by atoms with Crippen LogP contribution in [-0.4, -0.2) is 19.0 Å². The van der Waals surface area contributed by atoms with Crippen molar-refractivity contribution in [3.8, 4) is 6.07 Å². The molecule has 1 aromatic rings. The van der Waals surface area contributed by atoms with Crippen molar-refractivity contribution in [2.75, 3.05) is 18.4 Å². The minimum atomic E-state index is -0.0528. The minimum absolute atomic E-state index is 0.0528. The van der Waals surface area contributed by atoms with Crippen LogP contribution in [0.3, 0.4) is 0 Å². The molecule has 4 nitrogen and oxygen atoms in total. The van der Waals surface area contributed by atoms with Crippen LogP contribution in [0.15, 0.2) is 22.7 Å². The quantitative estimate of drug-likeness (QED) is 0.886. The summed E-state index contributed by atoms with van der Waals surface area (Å²) in [6.45, 7) is 2.72. The highest BCUT2D eigenvalue weighted by molar-refractivity contribution is 9.10. The molecule has 0 atom stereocenters. The zero-order chi connectivity index (χ0) is 12.0. The van der Waals surface area contributed by atoms with Gasteiger partial charge in [0.1, 0.15) is 6.07 Å². The SMILES string of the molecule is CCNC(=O)CNc1ccc(C#N)c(Br)c1. The third-order valence-corrected chi connectivity index (χ3v) is 2.57. The Morgan fingerprint density at radius 3 is 2.88 bits per heavy atom. The molecule has 0 bridgehead atoms. The summed E-state index contributed by atoms with van der Waals surface area (Å²) < 4.78 is 0.718. The number of nitriles is 1. The highest BCUT2D eigenvalue weighted by Crippen LogP contribution is 2.20. The van der Waals surface area contributed by atoms with Crippen LogP contribution in [-0.2, 0) is 4.79 Å². The van der Waals surface area contributed by atoms with Gasteiger partial charge in [0.15, 0.2) is 0 Å². The molecule has 0 saturated carbocycles. The van der Waals surface area contributed by atoms with E-state index in [-0.39, 0.29) is 12.5 Å². The van der Waals surface area contributed by atoms with Crippen molar-refractivity contribution in [1.82, 2.24) is 5.32 Å². The molecule has 0 aliphatic carbocycles. The molecule has 0 aliphatic heterocycles. The summed E-state index contributed by atoms with van der Waals surface area (Å²) in [7, 11) is 0. The standard InChI is InChI=1S/C11H12BrN3O/c1-2-14-11(16)7-15-9-4-3-8(6-13)10(12)5-9/h3-5,15H,2,7H2,1H3,(H,14,16). The fourth-order valence-corrected chi connectivity index (χ4v) is 1.63. The Morgan fingerprint density at radius 1 is 1.56 bits per heavy atom. The molecule has 0 aliphatic rings. The number of hydrogen-bond donors (Lipinski definition) is 2. The molecule has 0 fully saturated rings. The summed E-state index contributed by atoms with van der Waals surface area (Å²) in [5, 5.41) is 14.4. The van der Waals surface area contributed by atoms with Gasteiger partial charge in [0.2, 0.25) is 5.91 Å². The molecule has 16 heavy (non-hydrogen) atoms. The predicted molar refractivity (Wildman–Crippen MR) is 66.0 cm³/mol. The summed E-state index contributed by atoms with van der Waals surface area (Å²) in [6, 6.07) is 7.29. The van der Waals surface area contributed by atoms with Gasteiger partial charge >= 0.3 is 0 Å². The summed E-state index contributed by atoms with van der Waals surface area (Å²) in [4.78, 5) is 11.2. The second kappa shape index (κ2) is 6.13. The van der Waals surface area contributed by atoms with E-state index >= 15 is 0 Å². The molecule has 0 heterocycles. The van der Waals surface area contributed by atoms with Crippen molar-refractivity contribution < 1.29 is 4.79 Å². The van der Waals surface area contributed by atoms with Crippen LogP contribution in [0.1, 0.15) is 12.5 Å². The minimum Gasteiger partial charge on any atom is -0.376 e. The number of benzene rings is 1. The van der Waals surface area contributed by atoms with Gasteiger partial charge in [0, 0.05) is 16.7 Å². The number of halogens is 1. The number of amides is 1. The Kier molecular flexibility index (Phi) is 4.80. The lowest BCUT2D eigenvalue weighted by Gasteiger charge is -2.07. The predicted octanol–water partition coefficient (Wildman–Crippen LogP) is 1.87. The number of hydrogen-bond acceptors (Lipinski definition) is 3. The first-order valence-electron chi connectivity index (χ1n) is 4.87. The summed E-state index contributed by atoms with van der Waals surface area (Å²) in [5.74, 6) is -0.0528. The largest absolute Gasteiger partial charge is 0.376 e. The Balaban J connectivity index is 2.59. The van der Waals surface area contributed by atoms with Gasteiger partial charge in [-0.3, -0.25) is 4.79 Å².